The smallest absolute Gasteiger partial charge is 0.227 e. The summed E-state index contributed by atoms with van der Waals surface area (Å²) in [7, 11) is 0. The quantitative estimate of drug-likeness (QED) is 0.903. The van der Waals surface area contributed by atoms with Gasteiger partial charge in [-0.15, -0.1) is 0 Å². The van der Waals surface area contributed by atoms with E-state index in [0.29, 0.717) is 19.7 Å². The maximum Gasteiger partial charge on any atom is 0.227 e. The third-order valence-electron chi connectivity index (χ3n) is 3.41. The van der Waals surface area contributed by atoms with Gasteiger partial charge >= 0.3 is 0 Å². The lowest BCUT2D eigenvalue weighted by Gasteiger charge is -2.34. The molecule has 0 saturated carbocycles. The van der Waals surface area contributed by atoms with Crippen LogP contribution in [0.1, 0.15) is 12.5 Å². The molecule has 1 aliphatic heterocycles. The molecule has 0 aliphatic carbocycles. The molecule has 1 saturated heterocycles. The van der Waals surface area contributed by atoms with E-state index in [4.69, 9.17) is 10.5 Å². The number of ether oxygens (including phenoxy) is 1. The Kier molecular flexibility index (Phi) is 4.67. The molecular weight excluding hydrogens is 266 g/mol. The molecule has 1 aromatic carbocycles. The van der Waals surface area contributed by atoms with E-state index in [1.165, 1.54) is 12.1 Å². The molecule has 4 nitrogen and oxygen atoms in total. The fraction of sp³-hybridized carbons (Fsp3) is 0.500. The summed E-state index contributed by atoms with van der Waals surface area (Å²) in [4.78, 5) is 13.7. The Morgan fingerprint density at radius 1 is 1.55 bits per heavy atom. The number of morpholine rings is 1. The van der Waals surface area contributed by atoms with Gasteiger partial charge < -0.3 is 15.4 Å². The van der Waals surface area contributed by atoms with Crippen molar-refractivity contribution in [1.82, 2.24) is 4.90 Å². The van der Waals surface area contributed by atoms with Crippen molar-refractivity contribution in [3.63, 3.8) is 0 Å². The van der Waals surface area contributed by atoms with Crippen LogP contribution in [0.15, 0.2) is 18.2 Å². The number of hydrogen-bond donors (Lipinski definition) is 1. The van der Waals surface area contributed by atoms with Crippen LogP contribution in [0.4, 0.5) is 8.78 Å². The summed E-state index contributed by atoms with van der Waals surface area (Å²) < 4.78 is 32.1. The van der Waals surface area contributed by atoms with Crippen LogP contribution < -0.4 is 5.73 Å². The predicted octanol–water partition coefficient (Wildman–Crippen LogP) is 1.08. The highest BCUT2D eigenvalue weighted by Gasteiger charge is 2.27. The normalized spacial score (nSPS) is 20.8. The zero-order valence-electron chi connectivity index (χ0n) is 11.3. The van der Waals surface area contributed by atoms with Crippen molar-refractivity contribution in [2.45, 2.75) is 25.5 Å². The maximum absolute atomic E-state index is 13.5. The number of hydrogen-bond acceptors (Lipinski definition) is 3. The van der Waals surface area contributed by atoms with E-state index in [9.17, 15) is 13.6 Å². The van der Waals surface area contributed by atoms with Gasteiger partial charge in [0.1, 0.15) is 0 Å². The van der Waals surface area contributed by atoms with Crippen molar-refractivity contribution in [3.8, 4) is 0 Å². The zero-order chi connectivity index (χ0) is 14.7. The first-order chi connectivity index (χ1) is 9.49. The molecule has 1 fully saturated rings. The maximum atomic E-state index is 13.5. The van der Waals surface area contributed by atoms with E-state index >= 15 is 0 Å². The number of rotatable bonds is 3. The Balaban J connectivity index is 2.03. The molecule has 0 spiro atoms. The van der Waals surface area contributed by atoms with Crippen molar-refractivity contribution in [2.75, 3.05) is 19.7 Å². The van der Waals surface area contributed by atoms with Gasteiger partial charge in [0.15, 0.2) is 11.6 Å². The van der Waals surface area contributed by atoms with E-state index in [2.05, 4.69) is 0 Å². The third kappa shape index (κ3) is 3.32. The molecule has 0 aromatic heterocycles. The van der Waals surface area contributed by atoms with Crippen molar-refractivity contribution in [3.05, 3.63) is 35.4 Å². The lowest BCUT2D eigenvalue weighted by atomic mass is 10.1. The number of carbonyl (C=O) groups is 1. The van der Waals surface area contributed by atoms with Crippen molar-refractivity contribution in [1.29, 1.82) is 0 Å². The van der Waals surface area contributed by atoms with E-state index < -0.39 is 11.6 Å². The molecule has 6 heteroatoms. The lowest BCUT2D eigenvalue weighted by molar-refractivity contribution is -0.138. The van der Waals surface area contributed by atoms with E-state index in [1.54, 1.807) is 4.90 Å². The molecule has 20 heavy (non-hydrogen) atoms. The van der Waals surface area contributed by atoms with Gasteiger partial charge in [-0.1, -0.05) is 12.1 Å². The molecule has 2 unspecified atom stereocenters. The molecule has 2 atom stereocenters. The summed E-state index contributed by atoms with van der Waals surface area (Å²) in [6.45, 7) is 3.04. The van der Waals surface area contributed by atoms with Gasteiger partial charge in [-0.3, -0.25) is 4.79 Å². The Morgan fingerprint density at radius 2 is 2.30 bits per heavy atom. The molecule has 110 valence electrons. The molecule has 1 heterocycles. The summed E-state index contributed by atoms with van der Waals surface area (Å²) >= 11 is 0. The minimum atomic E-state index is -0.960. The lowest BCUT2D eigenvalue weighted by Crippen LogP contribution is -2.51. The molecule has 2 rings (SSSR count). The van der Waals surface area contributed by atoms with Gasteiger partial charge in [0.05, 0.1) is 19.1 Å². The summed E-state index contributed by atoms with van der Waals surface area (Å²) in [5, 5.41) is 0. The van der Waals surface area contributed by atoms with Gasteiger partial charge in [0.2, 0.25) is 5.91 Å². The van der Waals surface area contributed by atoms with Crippen LogP contribution in [0, 0.1) is 11.6 Å². The second-order valence-corrected chi connectivity index (χ2v) is 5.00. The van der Waals surface area contributed by atoms with Crippen LogP contribution >= 0.6 is 0 Å². The van der Waals surface area contributed by atoms with Gasteiger partial charge in [-0.2, -0.15) is 0 Å². The number of amides is 1. The minimum absolute atomic E-state index is 0.0684. The Morgan fingerprint density at radius 3 is 3.00 bits per heavy atom. The Hall–Kier alpha value is -1.53. The second-order valence-electron chi connectivity index (χ2n) is 5.00. The number of nitrogens with two attached hydrogens (primary N) is 1. The molecular formula is C14H18F2N2O2. The summed E-state index contributed by atoms with van der Waals surface area (Å²) in [5.74, 6) is -2.15. The number of carbonyl (C=O) groups excluding carboxylic acids is 1. The van der Waals surface area contributed by atoms with Gasteiger partial charge in [0, 0.05) is 24.7 Å². The highest BCUT2D eigenvalue weighted by atomic mass is 19.2. The van der Waals surface area contributed by atoms with Gasteiger partial charge in [-0.05, 0) is 13.0 Å². The SMILES string of the molecule is CC(N)C1CN(C(=O)Cc2cccc(F)c2F)CCO1. The van der Waals surface area contributed by atoms with Crippen molar-refractivity contribution < 1.29 is 18.3 Å². The third-order valence-corrected chi connectivity index (χ3v) is 3.41. The first-order valence-corrected chi connectivity index (χ1v) is 6.57. The molecule has 1 aromatic rings. The first kappa shape index (κ1) is 14.9. The van der Waals surface area contributed by atoms with Gasteiger partial charge in [-0.25, -0.2) is 8.78 Å². The van der Waals surface area contributed by atoms with Crippen molar-refractivity contribution in [2.24, 2.45) is 5.73 Å². The number of benzene rings is 1. The molecule has 2 N–H and O–H groups in total. The molecule has 1 aliphatic rings. The first-order valence-electron chi connectivity index (χ1n) is 6.57. The fourth-order valence-electron chi connectivity index (χ4n) is 2.18. The summed E-state index contributed by atoms with van der Waals surface area (Å²) in [6, 6.07) is 3.66. The molecule has 0 radical (unpaired) electrons. The average Bonchev–Trinajstić information content (AvgIpc) is 2.44. The van der Waals surface area contributed by atoms with Crippen LogP contribution in [-0.2, 0) is 16.0 Å². The van der Waals surface area contributed by atoms with Crippen LogP contribution in [0.5, 0.6) is 0 Å². The van der Waals surface area contributed by atoms with E-state index in [-0.39, 0.29) is 30.0 Å². The van der Waals surface area contributed by atoms with Crippen LogP contribution in [0.2, 0.25) is 0 Å². The fourth-order valence-corrected chi connectivity index (χ4v) is 2.18. The standard InChI is InChI=1S/C14H18F2N2O2/c1-9(17)12-8-18(5-6-20-12)13(19)7-10-3-2-4-11(15)14(10)16/h2-4,9,12H,5-8,17H2,1H3. The Labute approximate surface area is 116 Å². The predicted molar refractivity (Wildman–Crippen MR) is 70.0 cm³/mol. The van der Waals surface area contributed by atoms with Crippen LogP contribution in [-0.4, -0.2) is 42.6 Å². The van der Waals surface area contributed by atoms with Gasteiger partial charge in [0.25, 0.3) is 0 Å². The monoisotopic (exact) mass is 284 g/mol. The summed E-state index contributed by atoms with van der Waals surface area (Å²) in [6.07, 6.45) is -0.375. The molecule has 0 bridgehead atoms. The summed E-state index contributed by atoms with van der Waals surface area (Å²) in [5.41, 5.74) is 5.82. The highest BCUT2D eigenvalue weighted by molar-refractivity contribution is 5.79. The highest BCUT2D eigenvalue weighted by Crippen LogP contribution is 2.15. The average molecular weight is 284 g/mol. The molecule has 1 amide bonds. The van der Waals surface area contributed by atoms with Crippen LogP contribution in [0.25, 0.3) is 0 Å². The van der Waals surface area contributed by atoms with E-state index in [0.717, 1.165) is 6.07 Å². The largest absolute Gasteiger partial charge is 0.373 e. The zero-order valence-corrected chi connectivity index (χ0v) is 11.3. The Bertz CT molecular complexity index is 494. The number of nitrogens with zero attached hydrogens (tertiary/aromatic N) is 1. The number of halogens is 2. The van der Waals surface area contributed by atoms with Crippen LogP contribution in [0.3, 0.4) is 0 Å². The second kappa shape index (κ2) is 6.28. The van der Waals surface area contributed by atoms with Crippen molar-refractivity contribution >= 4 is 5.91 Å². The topological polar surface area (TPSA) is 55.6 Å². The van der Waals surface area contributed by atoms with E-state index in [1.807, 2.05) is 6.92 Å². The minimum Gasteiger partial charge on any atom is -0.373 e.